The van der Waals surface area contributed by atoms with Crippen LogP contribution in [0.5, 0.6) is 5.75 Å². The Morgan fingerprint density at radius 1 is 1.07 bits per heavy atom. The topological polar surface area (TPSA) is 44.8 Å². The predicted octanol–water partition coefficient (Wildman–Crippen LogP) is 3.35. The van der Waals surface area contributed by atoms with E-state index in [0.29, 0.717) is 26.2 Å². The first-order valence-corrected chi connectivity index (χ1v) is 9.26. The Morgan fingerprint density at radius 2 is 1.78 bits per heavy atom. The fraction of sp³-hybridized carbons (Fsp3) is 0.381. The van der Waals surface area contributed by atoms with Crippen molar-refractivity contribution in [2.75, 3.05) is 44.2 Å². The van der Waals surface area contributed by atoms with Gasteiger partial charge in [-0.2, -0.15) is 0 Å². The molecule has 1 aliphatic rings. The van der Waals surface area contributed by atoms with Gasteiger partial charge in [0.15, 0.2) is 0 Å². The third-order valence-electron chi connectivity index (χ3n) is 4.72. The van der Waals surface area contributed by atoms with Crippen LogP contribution >= 0.6 is 0 Å². The molecule has 6 heteroatoms. The lowest BCUT2D eigenvalue weighted by Gasteiger charge is -2.36. The van der Waals surface area contributed by atoms with Gasteiger partial charge in [-0.3, -0.25) is 0 Å². The molecule has 2 amide bonds. The second-order valence-electron chi connectivity index (χ2n) is 6.80. The van der Waals surface area contributed by atoms with Crippen LogP contribution in [0.4, 0.5) is 14.9 Å². The number of nitrogens with zero attached hydrogens (tertiary/aromatic N) is 2. The number of aryl methyl sites for hydroxylation is 2. The maximum atomic E-state index is 13.0. The Balaban J connectivity index is 1.38. The molecule has 27 heavy (non-hydrogen) atoms. The van der Waals surface area contributed by atoms with E-state index in [1.54, 1.807) is 17.0 Å². The third kappa shape index (κ3) is 5.12. The Labute approximate surface area is 159 Å². The summed E-state index contributed by atoms with van der Waals surface area (Å²) in [4.78, 5) is 16.3. The Bertz CT molecular complexity index is 771. The second-order valence-corrected chi connectivity index (χ2v) is 6.80. The van der Waals surface area contributed by atoms with Gasteiger partial charge < -0.3 is 19.9 Å². The fourth-order valence-corrected chi connectivity index (χ4v) is 3.21. The summed E-state index contributed by atoms with van der Waals surface area (Å²) in [5.41, 5.74) is 3.28. The van der Waals surface area contributed by atoms with E-state index in [4.69, 9.17) is 4.74 Å². The molecule has 1 N–H and O–H groups in total. The average Bonchev–Trinajstić information content (AvgIpc) is 2.67. The van der Waals surface area contributed by atoms with E-state index in [-0.39, 0.29) is 11.8 Å². The first-order chi connectivity index (χ1) is 13.0. The SMILES string of the molecule is Cc1ccc(OCCNC(=O)N2CCN(c3ccc(F)cc3)CC2)c(C)c1. The molecule has 144 valence electrons. The molecule has 0 aliphatic carbocycles. The molecule has 2 aromatic rings. The molecule has 1 aliphatic heterocycles. The van der Waals surface area contributed by atoms with Crippen molar-refractivity contribution in [2.45, 2.75) is 13.8 Å². The maximum Gasteiger partial charge on any atom is 0.317 e. The molecule has 1 fully saturated rings. The molecule has 3 rings (SSSR count). The number of carbonyl (C=O) groups excluding carboxylic acids is 1. The van der Waals surface area contributed by atoms with Crippen molar-refractivity contribution in [2.24, 2.45) is 0 Å². The van der Waals surface area contributed by atoms with Crippen molar-refractivity contribution in [3.05, 3.63) is 59.4 Å². The third-order valence-corrected chi connectivity index (χ3v) is 4.72. The van der Waals surface area contributed by atoms with E-state index < -0.39 is 0 Å². The van der Waals surface area contributed by atoms with Crippen LogP contribution in [0.3, 0.4) is 0 Å². The summed E-state index contributed by atoms with van der Waals surface area (Å²) in [5.74, 6) is 0.613. The number of piperazine rings is 1. The summed E-state index contributed by atoms with van der Waals surface area (Å²) >= 11 is 0. The van der Waals surface area contributed by atoms with Crippen LogP contribution in [0.2, 0.25) is 0 Å². The number of benzene rings is 2. The van der Waals surface area contributed by atoms with E-state index >= 15 is 0 Å². The van der Waals surface area contributed by atoms with Gasteiger partial charge in [0.25, 0.3) is 0 Å². The lowest BCUT2D eigenvalue weighted by Crippen LogP contribution is -2.52. The smallest absolute Gasteiger partial charge is 0.317 e. The molecular weight excluding hydrogens is 345 g/mol. The zero-order valence-corrected chi connectivity index (χ0v) is 15.9. The van der Waals surface area contributed by atoms with Gasteiger partial charge in [0, 0.05) is 31.9 Å². The van der Waals surface area contributed by atoms with Crippen LogP contribution < -0.4 is 15.0 Å². The summed E-state index contributed by atoms with van der Waals surface area (Å²) < 4.78 is 18.8. The second kappa shape index (κ2) is 8.75. The van der Waals surface area contributed by atoms with E-state index in [1.807, 2.05) is 26.0 Å². The number of carbonyl (C=O) groups is 1. The zero-order valence-electron chi connectivity index (χ0n) is 15.9. The van der Waals surface area contributed by atoms with Crippen molar-refractivity contribution in [1.29, 1.82) is 0 Å². The minimum Gasteiger partial charge on any atom is -0.491 e. The fourth-order valence-electron chi connectivity index (χ4n) is 3.21. The molecule has 0 unspecified atom stereocenters. The number of amides is 2. The number of urea groups is 1. The van der Waals surface area contributed by atoms with Crippen molar-refractivity contribution in [3.8, 4) is 5.75 Å². The first-order valence-electron chi connectivity index (χ1n) is 9.26. The Morgan fingerprint density at radius 3 is 2.44 bits per heavy atom. The number of halogens is 1. The molecule has 0 saturated carbocycles. The highest BCUT2D eigenvalue weighted by molar-refractivity contribution is 5.74. The number of anilines is 1. The van der Waals surface area contributed by atoms with E-state index in [9.17, 15) is 9.18 Å². The van der Waals surface area contributed by atoms with Crippen LogP contribution in [0.25, 0.3) is 0 Å². The molecule has 5 nitrogen and oxygen atoms in total. The van der Waals surface area contributed by atoms with E-state index in [2.05, 4.69) is 16.3 Å². The summed E-state index contributed by atoms with van der Waals surface area (Å²) in [7, 11) is 0. The molecule has 0 bridgehead atoms. The molecule has 1 heterocycles. The van der Waals surface area contributed by atoms with Crippen molar-refractivity contribution >= 4 is 11.7 Å². The lowest BCUT2D eigenvalue weighted by atomic mass is 10.1. The predicted molar refractivity (Wildman–Crippen MR) is 105 cm³/mol. The van der Waals surface area contributed by atoms with E-state index in [1.165, 1.54) is 17.7 Å². The van der Waals surface area contributed by atoms with Crippen molar-refractivity contribution < 1.29 is 13.9 Å². The van der Waals surface area contributed by atoms with Crippen LogP contribution in [0, 0.1) is 19.7 Å². The van der Waals surface area contributed by atoms with Crippen LogP contribution in [0.15, 0.2) is 42.5 Å². The highest BCUT2D eigenvalue weighted by Gasteiger charge is 2.21. The lowest BCUT2D eigenvalue weighted by molar-refractivity contribution is 0.191. The number of hydrogen-bond acceptors (Lipinski definition) is 3. The Kier molecular flexibility index (Phi) is 6.16. The van der Waals surface area contributed by atoms with Gasteiger partial charge in [0.2, 0.25) is 0 Å². The van der Waals surface area contributed by atoms with Gasteiger partial charge in [-0.1, -0.05) is 17.7 Å². The normalized spacial score (nSPS) is 14.2. The van der Waals surface area contributed by atoms with Crippen LogP contribution in [-0.4, -0.2) is 50.3 Å². The first kappa shape index (κ1) is 19.0. The number of rotatable bonds is 5. The summed E-state index contributed by atoms with van der Waals surface area (Å²) in [6.45, 7) is 7.71. The molecular formula is C21H26FN3O2. The highest BCUT2D eigenvalue weighted by atomic mass is 19.1. The maximum absolute atomic E-state index is 13.0. The number of nitrogens with one attached hydrogen (secondary N) is 1. The number of ether oxygens (including phenoxy) is 1. The molecule has 0 aromatic heterocycles. The molecule has 2 aromatic carbocycles. The summed E-state index contributed by atoms with van der Waals surface area (Å²) in [6.07, 6.45) is 0. The van der Waals surface area contributed by atoms with Gasteiger partial charge >= 0.3 is 6.03 Å². The molecule has 1 saturated heterocycles. The average molecular weight is 371 g/mol. The van der Waals surface area contributed by atoms with Crippen LogP contribution in [0.1, 0.15) is 11.1 Å². The highest BCUT2D eigenvalue weighted by Crippen LogP contribution is 2.19. The van der Waals surface area contributed by atoms with Gasteiger partial charge in [0.1, 0.15) is 18.2 Å². The van der Waals surface area contributed by atoms with Gasteiger partial charge in [-0.25, -0.2) is 9.18 Å². The summed E-state index contributed by atoms with van der Waals surface area (Å²) in [5, 5.41) is 2.91. The molecule has 0 atom stereocenters. The Hall–Kier alpha value is -2.76. The summed E-state index contributed by atoms with van der Waals surface area (Å²) in [6, 6.07) is 12.5. The minimum atomic E-state index is -0.236. The molecule has 0 spiro atoms. The monoisotopic (exact) mass is 371 g/mol. The quantitative estimate of drug-likeness (QED) is 0.820. The zero-order chi connectivity index (χ0) is 19.2. The minimum absolute atomic E-state index is 0.0713. The van der Waals surface area contributed by atoms with Crippen molar-refractivity contribution in [3.63, 3.8) is 0 Å². The van der Waals surface area contributed by atoms with Gasteiger partial charge in [0.05, 0.1) is 6.54 Å². The largest absolute Gasteiger partial charge is 0.491 e. The molecule has 0 radical (unpaired) electrons. The standard InChI is InChI=1S/C21H26FN3O2/c1-16-3-8-20(17(2)15-16)27-14-9-23-21(26)25-12-10-24(11-13-25)19-6-4-18(22)5-7-19/h3-8,15H,9-14H2,1-2H3,(H,23,26). The van der Waals surface area contributed by atoms with E-state index in [0.717, 1.165) is 30.1 Å². The number of hydrogen-bond donors (Lipinski definition) is 1. The van der Waals surface area contributed by atoms with Gasteiger partial charge in [-0.15, -0.1) is 0 Å². The van der Waals surface area contributed by atoms with Crippen LogP contribution in [-0.2, 0) is 0 Å². The van der Waals surface area contributed by atoms with Gasteiger partial charge in [-0.05, 0) is 49.7 Å². The van der Waals surface area contributed by atoms with Crippen molar-refractivity contribution in [1.82, 2.24) is 10.2 Å².